The molecule has 0 aliphatic heterocycles. The van der Waals surface area contributed by atoms with Gasteiger partial charge in [0, 0.05) is 29.4 Å². The monoisotopic (exact) mass is 290 g/mol. The van der Waals surface area contributed by atoms with Crippen molar-refractivity contribution in [1.82, 2.24) is 15.0 Å². The molecule has 4 rings (SSSR count). The van der Waals surface area contributed by atoms with Crippen molar-refractivity contribution >= 4 is 16.7 Å². The lowest BCUT2D eigenvalue weighted by Gasteiger charge is -2.16. The minimum atomic E-state index is 0.448. The third-order valence-corrected chi connectivity index (χ3v) is 4.24. The van der Waals surface area contributed by atoms with E-state index in [4.69, 9.17) is 9.97 Å². The van der Waals surface area contributed by atoms with E-state index >= 15 is 0 Å². The van der Waals surface area contributed by atoms with E-state index in [-0.39, 0.29) is 0 Å². The molecule has 0 spiro atoms. The van der Waals surface area contributed by atoms with Crippen LogP contribution in [-0.2, 0) is 0 Å². The molecule has 1 atom stereocenters. The highest BCUT2D eigenvalue weighted by molar-refractivity contribution is 5.90. The molecule has 1 N–H and O–H groups in total. The van der Waals surface area contributed by atoms with Gasteiger partial charge in [0.15, 0.2) is 5.82 Å². The van der Waals surface area contributed by atoms with E-state index in [1.807, 2.05) is 30.3 Å². The van der Waals surface area contributed by atoms with E-state index in [1.54, 1.807) is 12.4 Å². The van der Waals surface area contributed by atoms with E-state index in [2.05, 4.69) is 23.3 Å². The maximum atomic E-state index is 4.77. The summed E-state index contributed by atoms with van der Waals surface area (Å²) in [7, 11) is 0. The molecular weight excluding hydrogens is 272 g/mol. The van der Waals surface area contributed by atoms with E-state index in [0.717, 1.165) is 34.0 Å². The number of rotatable bonds is 4. The molecule has 1 fully saturated rings. The first-order valence-electron chi connectivity index (χ1n) is 7.75. The first-order valence-corrected chi connectivity index (χ1v) is 7.75. The lowest BCUT2D eigenvalue weighted by molar-refractivity contribution is 0.691. The molecule has 1 aromatic carbocycles. The third kappa shape index (κ3) is 2.52. The molecule has 22 heavy (non-hydrogen) atoms. The van der Waals surface area contributed by atoms with Crippen LogP contribution in [-0.4, -0.2) is 21.0 Å². The normalized spacial score (nSPS) is 15.7. The van der Waals surface area contributed by atoms with Crippen LogP contribution in [0.2, 0.25) is 0 Å². The van der Waals surface area contributed by atoms with Crippen LogP contribution >= 0.6 is 0 Å². The summed E-state index contributed by atoms with van der Waals surface area (Å²) in [6.07, 6.45) is 6.17. The van der Waals surface area contributed by atoms with Crippen molar-refractivity contribution in [3.8, 4) is 11.4 Å². The van der Waals surface area contributed by atoms with Crippen LogP contribution in [0.1, 0.15) is 19.8 Å². The highest BCUT2D eigenvalue weighted by Crippen LogP contribution is 2.35. The summed E-state index contributed by atoms with van der Waals surface area (Å²) < 4.78 is 0. The predicted molar refractivity (Wildman–Crippen MR) is 88.6 cm³/mol. The molecule has 2 aromatic heterocycles. The third-order valence-electron chi connectivity index (χ3n) is 4.24. The van der Waals surface area contributed by atoms with Gasteiger partial charge < -0.3 is 5.32 Å². The Morgan fingerprint density at radius 2 is 1.82 bits per heavy atom. The van der Waals surface area contributed by atoms with Crippen LogP contribution in [0.5, 0.6) is 0 Å². The van der Waals surface area contributed by atoms with Crippen molar-refractivity contribution in [2.45, 2.75) is 25.8 Å². The number of anilines is 1. The highest BCUT2D eigenvalue weighted by atomic mass is 15.1. The van der Waals surface area contributed by atoms with Crippen LogP contribution < -0.4 is 5.32 Å². The Kier molecular flexibility index (Phi) is 3.22. The second-order valence-electron chi connectivity index (χ2n) is 5.92. The van der Waals surface area contributed by atoms with Crippen molar-refractivity contribution in [3.63, 3.8) is 0 Å². The van der Waals surface area contributed by atoms with Gasteiger partial charge in [-0.3, -0.25) is 4.98 Å². The maximum Gasteiger partial charge on any atom is 0.162 e. The van der Waals surface area contributed by atoms with Gasteiger partial charge in [-0.05, 0) is 49.9 Å². The Bertz CT molecular complexity index is 797. The second kappa shape index (κ2) is 5.37. The van der Waals surface area contributed by atoms with Crippen molar-refractivity contribution in [3.05, 3.63) is 48.8 Å². The number of aromatic nitrogens is 3. The van der Waals surface area contributed by atoms with Gasteiger partial charge in [-0.2, -0.15) is 0 Å². The van der Waals surface area contributed by atoms with Crippen LogP contribution in [0.25, 0.3) is 22.3 Å². The highest BCUT2D eigenvalue weighted by Gasteiger charge is 2.28. The standard InChI is InChI=1S/C18H18N4/c1-12(13-6-7-13)20-18-15-4-2-3-5-16(15)21-17(22-18)14-8-10-19-11-9-14/h2-5,8-13H,6-7H2,1H3,(H,20,21,22)/t12-/m1/s1. The van der Waals surface area contributed by atoms with E-state index in [9.17, 15) is 0 Å². The van der Waals surface area contributed by atoms with Gasteiger partial charge in [-0.15, -0.1) is 0 Å². The fourth-order valence-electron chi connectivity index (χ4n) is 2.75. The minimum absolute atomic E-state index is 0.448. The molecule has 1 aliphatic carbocycles. The van der Waals surface area contributed by atoms with Crippen molar-refractivity contribution in [2.75, 3.05) is 5.32 Å². The zero-order valence-corrected chi connectivity index (χ0v) is 12.5. The molecule has 1 aliphatic rings. The maximum absolute atomic E-state index is 4.77. The summed E-state index contributed by atoms with van der Waals surface area (Å²) in [5.74, 6) is 2.45. The molecule has 4 nitrogen and oxygen atoms in total. The summed E-state index contributed by atoms with van der Waals surface area (Å²) in [4.78, 5) is 13.5. The van der Waals surface area contributed by atoms with Gasteiger partial charge in [-0.25, -0.2) is 9.97 Å². The molecule has 3 aromatic rings. The summed E-state index contributed by atoms with van der Waals surface area (Å²) in [6, 6.07) is 12.5. The quantitative estimate of drug-likeness (QED) is 0.791. The van der Waals surface area contributed by atoms with E-state index < -0.39 is 0 Å². The van der Waals surface area contributed by atoms with Gasteiger partial charge in [0.05, 0.1) is 5.52 Å². The molecule has 0 amide bonds. The molecule has 0 bridgehead atoms. The number of para-hydroxylation sites is 1. The number of hydrogen-bond acceptors (Lipinski definition) is 4. The zero-order valence-electron chi connectivity index (χ0n) is 12.5. The number of nitrogens with zero attached hydrogens (tertiary/aromatic N) is 3. The number of hydrogen-bond donors (Lipinski definition) is 1. The largest absolute Gasteiger partial charge is 0.367 e. The van der Waals surface area contributed by atoms with E-state index in [0.29, 0.717) is 6.04 Å². The number of fused-ring (bicyclic) bond motifs is 1. The average molecular weight is 290 g/mol. The summed E-state index contributed by atoms with van der Waals surface area (Å²) in [5.41, 5.74) is 1.96. The van der Waals surface area contributed by atoms with Gasteiger partial charge >= 0.3 is 0 Å². The fraction of sp³-hybridized carbons (Fsp3) is 0.278. The Morgan fingerprint density at radius 3 is 2.59 bits per heavy atom. The Balaban J connectivity index is 1.82. The van der Waals surface area contributed by atoms with Gasteiger partial charge in [-0.1, -0.05) is 12.1 Å². The van der Waals surface area contributed by atoms with Crippen LogP contribution in [0.4, 0.5) is 5.82 Å². The van der Waals surface area contributed by atoms with E-state index in [1.165, 1.54) is 12.8 Å². The van der Waals surface area contributed by atoms with Gasteiger partial charge in [0.2, 0.25) is 0 Å². The van der Waals surface area contributed by atoms with Crippen molar-refractivity contribution in [2.24, 2.45) is 5.92 Å². The molecule has 1 saturated carbocycles. The Morgan fingerprint density at radius 1 is 1.05 bits per heavy atom. The lowest BCUT2D eigenvalue weighted by atomic mass is 10.1. The molecule has 0 radical (unpaired) electrons. The lowest BCUT2D eigenvalue weighted by Crippen LogP contribution is -2.18. The number of pyridine rings is 1. The minimum Gasteiger partial charge on any atom is -0.367 e. The summed E-state index contributed by atoms with van der Waals surface area (Å²) >= 11 is 0. The molecule has 0 saturated heterocycles. The summed E-state index contributed by atoms with van der Waals surface area (Å²) in [5, 5.41) is 4.67. The molecule has 2 heterocycles. The second-order valence-corrected chi connectivity index (χ2v) is 5.92. The SMILES string of the molecule is C[C@@H](Nc1nc(-c2ccncc2)nc2ccccc12)C1CC1. The van der Waals surface area contributed by atoms with Crippen LogP contribution in [0.15, 0.2) is 48.8 Å². The summed E-state index contributed by atoms with van der Waals surface area (Å²) in [6.45, 7) is 2.24. The smallest absolute Gasteiger partial charge is 0.162 e. The zero-order chi connectivity index (χ0) is 14.9. The molecule has 110 valence electrons. The molecular formula is C18H18N4. The van der Waals surface area contributed by atoms with Gasteiger partial charge in [0.25, 0.3) is 0 Å². The van der Waals surface area contributed by atoms with Crippen molar-refractivity contribution < 1.29 is 0 Å². The first-order chi connectivity index (χ1) is 10.8. The van der Waals surface area contributed by atoms with Crippen LogP contribution in [0.3, 0.4) is 0 Å². The first kappa shape index (κ1) is 13.2. The molecule has 4 heteroatoms. The predicted octanol–water partition coefficient (Wildman–Crippen LogP) is 3.90. The Labute approximate surface area is 129 Å². The number of nitrogens with one attached hydrogen (secondary N) is 1. The number of benzene rings is 1. The Hall–Kier alpha value is -2.49. The van der Waals surface area contributed by atoms with Crippen molar-refractivity contribution in [1.29, 1.82) is 0 Å². The van der Waals surface area contributed by atoms with Gasteiger partial charge in [0.1, 0.15) is 5.82 Å². The molecule has 0 unspecified atom stereocenters. The fourth-order valence-corrected chi connectivity index (χ4v) is 2.75. The average Bonchev–Trinajstić information content (AvgIpc) is 3.40. The van der Waals surface area contributed by atoms with Crippen LogP contribution in [0, 0.1) is 5.92 Å². The topological polar surface area (TPSA) is 50.7 Å².